The fourth-order valence-electron chi connectivity index (χ4n) is 2.27. The third kappa shape index (κ3) is 3.04. The molecule has 2 aromatic rings. The lowest BCUT2D eigenvalue weighted by atomic mass is 9.99. The van der Waals surface area contributed by atoms with E-state index in [-0.39, 0.29) is 0 Å². The Morgan fingerprint density at radius 2 is 1.58 bits per heavy atom. The van der Waals surface area contributed by atoms with Crippen molar-refractivity contribution in [1.29, 1.82) is 0 Å². The number of nitrogen functional groups attached to an aromatic ring is 2. The zero-order valence-corrected chi connectivity index (χ0v) is 12.5. The molecule has 0 aromatic heterocycles. The summed E-state index contributed by atoms with van der Waals surface area (Å²) in [5.74, 6) is 0. The second-order valence-corrected chi connectivity index (χ2v) is 5.74. The van der Waals surface area contributed by atoms with Crippen molar-refractivity contribution in [3.05, 3.63) is 52.6 Å². The van der Waals surface area contributed by atoms with Gasteiger partial charge in [0.25, 0.3) is 0 Å². The average Bonchev–Trinajstić information content (AvgIpc) is 2.38. The van der Waals surface area contributed by atoms with Crippen molar-refractivity contribution in [3.63, 3.8) is 0 Å². The quantitative estimate of drug-likeness (QED) is 0.660. The largest absolute Gasteiger partial charge is 0.398 e. The Balaban J connectivity index is 2.31. The van der Waals surface area contributed by atoms with Gasteiger partial charge in [0, 0.05) is 16.3 Å². The first kappa shape index (κ1) is 13.8. The number of aryl methyl sites for hydroxylation is 2. The summed E-state index contributed by atoms with van der Waals surface area (Å²) in [7, 11) is 0. The molecular weight excluding hydrogens is 252 g/mol. The Kier molecular flexibility index (Phi) is 4.05. The average molecular weight is 272 g/mol. The van der Waals surface area contributed by atoms with Crippen LogP contribution in [0.3, 0.4) is 0 Å². The van der Waals surface area contributed by atoms with Crippen LogP contribution in [-0.4, -0.2) is 6.26 Å². The van der Waals surface area contributed by atoms with Crippen molar-refractivity contribution in [2.75, 3.05) is 17.7 Å². The van der Waals surface area contributed by atoms with Gasteiger partial charge in [-0.15, -0.1) is 11.8 Å². The number of benzene rings is 2. The van der Waals surface area contributed by atoms with Crippen molar-refractivity contribution in [2.24, 2.45) is 0 Å². The smallest absolute Gasteiger partial charge is 0.0452 e. The highest BCUT2D eigenvalue weighted by atomic mass is 32.2. The number of hydrogen-bond donors (Lipinski definition) is 2. The van der Waals surface area contributed by atoms with E-state index >= 15 is 0 Å². The van der Waals surface area contributed by atoms with Crippen LogP contribution in [0.25, 0.3) is 0 Å². The summed E-state index contributed by atoms with van der Waals surface area (Å²) < 4.78 is 0. The molecule has 0 spiro atoms. The summed E-state index contributed by atoms with van der Waals surface area (Å²) in [6.07, 6.45) is 2.96. The van der Waals surface area contributed by atoms with Gasteiger partial charge in [-0.05, 0) is 60.9 Å². The zero-order valence-electron chi connectivity index (χ0n) is 11.7. The standard InChI is InChI=1S/C16H20N2S/c1-10-6-13(7-11(2)16(10)18)8-12-4-5-14(17)15(9-12)19-3/h4-7,9H,8,17-18H2,1-3H3. The molecule has 2 nitrogen and oxygen atoms in total. The van der Waals surface area contributed by atoms with Gasteiger partial charge in [-0.2, -0.15) is 0 Å². The summed E-state index contributed by atoms with van der Waals surface area (Å²) in [6.45, 7) is 4.12. The van der Waals surface area contributed by atoms with Crippen LogP contribution in [0.1, 0.15) is 22.3 Å². The van der Waals surface area contributed by atoms with E-state index in [0.717, 1.165) is 33.8 Å². The fourth-order valence-corrected chi connectivity index (χ4v) is 2.84. The third-order valence-electron chi connectivity index (χ3n) is 3.36. The van der Waals surface area contributed by atoms with Gasteiger partial charge in [-0.3, -0.25) is 0 Å². The van der Waals surface area contributed by atoms with Crippen LogP contribution in [0.15, 0.2) is 35.2 Å². The van der Waals surface area contributed by atoms with E-state index in [1.54, 1.807) is 11.8 Å². The van der Waals surface area contributed by atoms with Crippen molar-refractivity contribution in [3.8, 4) is 0 Å². The lowest BCUT2D eigenvalue weighted by molar-refractivity contribution is 1.16. The second-order valence-electron chi connectivity index (χ2n) is 4.90. The minimum absolute atomic E-state index is 0.848. The Hall–Kier alpha value is -1.61. The minimum atomic E-state index is 0.848. The summed E-state index contributed by atoms with van der Waals surface area (Å²) in [4.78, 5) is 1.14. The highest BCUT2D eigenvalue weighted by Crippen LogP contribution is 2.26. The maximum atomic E-state index is 5.99. The second kappa shape index (κ2) is 5.57. The van der Waals surface area contributed by atoms with Crippen LogP contribution in [0.2, 0.25) is 0 Å². The molecule has 0 saturated heterocycles. The van der Waals surface area contributed by atoms with Crippen LogP contribution in [0.5, 0.6) is 0 Å². The van der Waals surface area contributed by atoms with Crippen molar-refractivity contribution < 1.29 is 0 Å². The molecule has 0 aliphatic rings. The molecule has 3 heteroatoms. The van der Waals surface area contributed by atoms with Crippen LogP contribution >= 0.6 is 11.8 Å². The Bertz CT molecular complexity index is 583. The predicted molar refractivity (Wildman–Crippen MR) is 85.8 cm³/mol. The molecule has 0 heterocycles. The SMILES string of the molecule is CSc1cc(Cc2cc(C)c(N)c(C)c2)ccc1N. The highest BCUT2D eigenvalue weighted by molar-refractivity contribution is 7.98. The zero-order chi connectivity index (χ0) is 14.0. The van der Waals surface area contributed by atoms with Gasteiger partial charge < -0.3 is 11.5 Å². The first-order valence-corrected chi connectivity index (χ1v) is 7.51. The number of hydrogen-bond acceptors (Lipinski definition) is 3. The summed E-state index contributed by atoms with van der Waals surface area (Å²) in [6, 6.07) is 10.6. The van der Waals surface area contributed by atoms with E-state index in [9.17, 15) is 0 Å². The number of rotatable bonds is 3. The van der Waals surface area contributed by atoms with E-state index in [2.05, 4.69) is 38.1 Å². The third-order valence-corrected chi connectivity index (χ3v) is 4.15. The molecule has 0 atom stereocenters. The fraction of sp³-hybridized carbons (Fsp3) is 0.250. The van der Waals surface area contributed by atoms with Crippen molar-refractivity contribution >= 4 is 23.1 Å². The van der Waals surface area contributed by atoms with Gasteiger partial charge in [-0.25, -0.2) is 0 Å². The van der Waals surface area contributed by atoms with Crippen molar-refractivity contribution in [2.45, 2.75) is 25.2 Å². The number of thioether (sulfide) groups is 1. The molecule has 0 bridgehead atoms. The van der Waals surface area contributed by atoms with Gasteiger partial charge in [0.1, 0.15) is 0 Å². The highest BCUT2D eigenvalue weighted by Gasteiger charge is 2.05. The Morgan fingerprint density at radius 3 is 2.16 bits per heavy atom. The van der Waals surface area contributed by atoms with E-state index in [4.69, 9.17) is 11.5 Å². The molecule has 100 valence electrons. The monoisotopic (exact) mass is 272 g/mol. The van der Waals surface area contributed by atoms with E-state index in [1.165, 1.54) is 11.1 Å². The van der Waals surface area contributed by atoms with Gasteiger partial charge in [0.2, 0.25) is 0 Å². The Labute approximate surface area is 119 Å². The molecule has 4 N–H and O–H groups in total. The summed E-state index contributed by atoms with van der Waals surface area (Å²) in [5, 5.41) is 0. The van der Waals surface area contributed by atoms with Crippen LogP contribution in [-0.2, 0) is 6.42 Å². The molecule has 0 saturated carbocycles. The van der Waals surface area contributed by atoms with Gasteiger partial charge in [0.15, 0.2) is 0 Å². The maximum Gasteiger partial charge on any atom is 0.0452 e. The molecule has 0 radical (unpaired) electrons. The van der Waals surface area contributed by atoms with E-state index < -0.39 is 0 Å². The lowest BCUT2D eigenvalue weighted by Crippen LogP contribution is -1.98. The summed E-state index contributed by atoms with van der Waals surface area (Å²) >= 11 is 1.68. The molecule has 0 unspecified atom stereocenters. The number of nitrogens with two attached hydrogens (primary N) is 2. The normalized spacial score (nSPS) is 10.7. The summed E-state index contributed by atoms with van der Waals surface area (Å²) in [5.41, 5.74) is 18.5. The van der Waals surface area contributed by atoms with E-state index in [0.29, 0.717) is 0 Å². The molecule has 0 aliphatic heterocycles. The molecule has 0 amide bonds. The predicted octanol–water partition coefficient (Wildman–Crippen LogP) is 3.78. The topological polar surface area (TPSA) is 52.0 Å². The van der Waals surface area contributed by atoms with Crippen LogP contribution in [0.4, 0.5) is 11.4 Å². The van der Waals surface area contributed by atoms with Crippen LogP contribution in [0, 0.1) is 13.8 Å². The molecule has 0 fully saturated rings. The van der Waals surface area contributed by atoms with Gasteiger partial charge in [-0.1, -0.05) is 18.2 Å². The van der Waals surface area contributed by atoms with Crippen LogP contribution < -0.4 is 11.5 Å². The first-order chi connectivity index (χ1) is 9.01. The van der Waals surface area contributed by atoms with Crippen molar-refractivity contribution in [1.82, 2.24) is 0 Å². The Morgan fingerprint density at radius 1 is 0.947 bits per heavy atom. The molecule has 19 heavy (non-hydrogen) atoms. The maximum absolute atomic E-state index is 5.99. The first-order valence-electron chi connectivity index (χ1n) is 6.29. The lowest BCUT2D eigenvalue weighted by Gasteiger charge is -2.10. The molecule has 0 aliphatic carbocycles. The molecule has 2 rings (SSSR count). The van der Waals surface area contributed by atoms with E-state index in [1.807, 2.05) is 12.3 Å². The number of anilines is 2. The van der Waals surface area contributed by atoms with Gasteiger partial charge >= 0.3 is 0 Å². The minimum Gasteiger partial charge on any atom is -0.398 e. The molecular formula is C16H20N2S. The molecule has 2 aromatic carbocycles. The van der Waals surface area contributed by atoms with Gasteiger partial charge in [0.05, 0.1) is 0 Å².